The zero-order valence-electron chi connectivity index (χ0n) is 55.7. The van der Waals surface area contributed by atoms with Gasteiger partial charge in [-0.15, -0.1) is 0 Å². The van der Waals surface area contributed by atoms with Crippen molar-refractivity contribution in [1.29, 1.82) is 0 Å². The number of nitrogens with zero attached hydrogens (tertiary/aromatic N) is 3. The van der Waals surface area contributed by atoms with Crippen molar-refractivity contribution >= 4 is 96.2 Å². The van der Waals surface area contributed by atoms with E-state index in [4.69, 9.17) is 4.42 Å². The monoisotopic (exact) mass is 1210 g/mol. The van der Waals surface area contributed by atoms with E-state index in [-0.39, 0.29) is 28.4 Å². The molecule has 93 heavy (non-hydrogen) atoms. The molecule has 3 heterocycles. The molecule has 12 aromatic carbocycles. The lowest BCUT2D eigenvalue weighted by molar-refractivity contribution is 0.590. The molecule has 0 aliphatic carbocycles. The molecule has 15 rings (SSSR count). The maximum Gasteiger partial charge on any atom is 0.252 e. The minimum atomic E-state index is -0.222. The van der Waals surface area contributed by atoms with E-state index >= 15 is 0 Å². The number of rotatable bonds is 9. The van der Waals surface area contributed by atoms with Crippen molar-refractivity contribution in [2.24, 2.45) is 0 Å². The van der Waals surface area contributed by atoms with Crippen LogP contribution < -0.4 is 31.1 Å². The normalized spacial score (nSPS) is 13.1. The minimum Gasteiger partial charge on any atom is -0.455 e. The Balaban J connectivity index is 1.02. The molecular formula is C88H80BN3O. The molecule has 13 aromatic rings. The van der Waals surface area contributed by atoms with Gasteiger partial charge in [-0.2, -0.15) is 0 Å². The Bertz CT molecular complexity index is 4920. The van der Waals surface area contributed by atoms with E-state index in [9.17, 15) is 0 Å². The van der Waals surface area contributed by atoms with E-state index in [2.05, 4.69) is 359 Å². The van der Waals surface area contributed by atoms with Crippen molar-refractivity contribution in [2.45, 2.75) is 105 Å². The summed E-state index contributed by atoms with van der Waals surface area (Å²) in [4.78, 5) is 7.73. The first kappa shape index (κ1) is 59.2. The highest BCUT2D eigenvalue weighted by Gasteiger charge is 2.45. The van der Waals surface area contributed by atoms with Crippen molar-refractivity contribution < 1.29 is 4.42 Å². The average Bonchev–Trinajstić information content (AvgIpc) is 1.15. The summed E-state index contributed by atoms with van der Waals surface area (Å²) in [6, 6.07) is 100. The van der Waals surface area contributed by atoms with Gasteiger partial charge in [0.25, 0.3) is 6.71 Å². The van der Waals surface area contributed by atoms with Gasteiger partial charge in [-0.3, -0.25) is 0 Å². The third-order valence-corrected chi connectivity index (χ3v) is 19.5. The molecule has 0 saturated heterocycles. The Hall–Kier alpha value is -10.1. The van der Waals surface area contributed by atoms with Gasteiger partial charge in [-0.1, -0.05) is 265 Å². The van der Waals surface area contributed by atoms with Gasteiger partial charge in [0.15, 0.2) is 0 Å². The Labute approximate surface area is 550 Å². The molecule has 0 saturated carbocycles. The van der Waals surface area contributed by atoms with Crippen LogP contribution in [0.3, 0.4) is 0 Å². The van der Waals surface area contributed by atoms with Crippen molar-refractivity contribution in [1.82, 2.24) is 0 Å². The van der Waals surface area contributed by atoms with Crippen LogP contribution in [0.5, 0.6) is 0 Å². The zero-order valence-corrected chi connectivity index (χ0v) is 55.7. The van der Waals surface area contributed by atoms with Gasteiger partial charge in [0.2, 0.25) is 0 Å². The van der Waals surface area contributed by atoms with E-state index < -0.39 is 0 Å². The SMILES string of the molecule is CC(C)(C)c1ccc(N2c3cc(N(c4ccc(C(C)(C)C)cc4)c4c(-c5ccccc5)cc(C(C)(C)C)cc4-c4ccccc4)ccc3B3c4cc(-c5ccccc5)ccc4N(c4ccc(-c5cccc6c5oc5ccccc56)cc4)c4cc(C(C)(C)C)cc2c43)cc1. The van der Waals surface area contributed by atoms with Gasteiger partial charge < -0.3 is 19.1 Å². The second kappa shape index (κ2) is 22.3. The molecule has 4 nitrogen and oxygen atoms in total. The summed E-state index contributed by atoms with van der Waals surface area (Å²) in [6.07, 6.45) is 0. The second-order valence-corrected chi connectivity index (χ2v) is 29.8. The lowest BCUT2D eigenvalue weighted by atomic mass is 9.33. The summed E-state index contributed by atoms with van der Waals surface area (Å²) >= 11 is 0. The van der Waals surface area contributed by atoms with Crippen LogP contribution in [0.1, 0.15) is 105 Å². The van der Waals surface area contributed by atoms with E-state index in [1.807, 2.05) is 6.07 Å². The fourth-order valence-electron chi connectivity index (χ4n) is 14.3. The van der Waals surface area contributed by atoms with Crippen LogP contribution in [0.25, 0.3) is 66.4 Å². The first-order valence-electron chi connectivity index (χ1n) is 33.1. The van der Waals surface area contributed by atoms with Crippen molar-refractivity contribution in [2.75, 3.05) is 14.7 Å². The molecular weight excluding hydrogens is 1130 g/mol. The molecule has 2 aliphatic heterocycles. The Morgan fingerprint density at radius 1 is 0.312 bits per heavy atom. The second-order valence-electron chi connectivity index (χ2n) is 29.8. The lowest BCUT2D eigenvalue weighted by Gasteiger charge is -2.45. The smallest absolute Gasteiger partial charge is 0.252 e. The van der Waals surface area contributed by atoms with E-state index in [0.717, 1.165) is 84.0 Å². The predicted octanol–water partition coefficient (Wildman–Crippen LogP) is 23.0. The lowest BCUT2D eigenvalue weighted by Crippen LogP contribution is -2.61. The average molecular weight is 1210 g/mol. The standard InChI is InChI=1S/C88H80BN3O/c1-85(2,3)62-38-44-66(45-39-62)90(83-73(58-27-18-14-19-28-58)52-64(87(7,8)9)53-74(83)59-29-20-15-21-30-59)69-48-49-75-78(56-69)92(68-46-40-63(41-47-68)86(4,5)6)80-55-65(88(10,11)12)54-79-82(80)89(75)76-51-61(57-25-16-13-17-26-57)37-50-77(76)91(79)67-42-35-60(36-43-67)70-32-24-33-72-71-31-22-23-34-81(71)93-84(70)72/h13-56H,1-12H3. The van der Waals surface area contributed by atoms with Gasteiger partial charge in [0.1, 0.15) is 11.2 Å². The summed E-state index contributed by atoms with van der Waals surface area (Å²) in [5.41, 5.74) is 29.6. The summed E-state index contributed by atoms with van der Waals surface area (Å²) in [5, 5.41) is 2.25. The third kappa shape index (κ3) is 10.5. The first-order valence-corrected chi connectivity index (χ1v) is 33.1. The van der Waals surface area contributed by atoms with Crippen molar-refractivity contribution in [3.63, 3.8) is 0 Å². The van der Waals surface area contributed by atoms with Crippen LogP contribution in [0.2, 0.25) is 0 Å². The van der Waals surface area contributed by atoms with Gasteiger partial charge in [0.05, 0.1) is 5.69 Å². The quantitative estimate of drug-likeness (QED) is 0.134. The molecule has 1 aromatic heterocycles. The van der Waals surface area contributed by atoms with E-state index in [0.29, 0.717) is 0 Å². The molecule has 456 valence electrons. The maximum atomic E-state index is 6.64. The predicted molar refractivity (Wildman–Crippen MR) is 399 cm³/mol. The number of hydrogen-bond acceptors (Lipinski definition) is 4. The number of hydrogen-bond donors (Lipinski definition) is 0. The van der Waals surface area contributed by atoms with Crippen LogP contribution in [-0.4, -0.2) is 6.71 Å². The molecule has 0 radical (unpaired) electrons. The van der Waals surface area contributed by atoms with Gasteiger partial charge in [0, 0.05) is 73.0 Å². The topological polar surface area (TPSA) is 22.9 Å². The maximum absolute atomic E-state index is 6.64. The number of benzene rings is 12. The Morgan fingerprint density at radius 2 is 0.774 bits per heavy atom. The number of fused-ring (bicyclic) bond motifs is 7. The fourth-order valence-corrected chi connectivity index (χ4v) is 14.3. The van der Waals surface area contributed by atoms with Crippen LogP contribution in [0.15, 0.2) is 271 Å². The highest BCUT2D eigenvalue weighted by Crippen LogP contribution is 2.53. The molecule has 0 atom stereocenters. The molecule has 0 fully saturated rings. The number of furan rings is 1. The summed E-state index contributed by atoms with van der Waals surface area (Å²) in [6.45, 7) is 27.8. The summed E-state index contributed by atoms with van der Waals surface area (Å²) in [5.74, 6) is 0. The van der Waals surface area contributed by atoms with Crippen LogP contribution in [-0.2, 0) is 21.7 Å². The fraction of sp³-hybridized carbons (Fsp3) is 0.182. The zero-order chi connectivity index (χ0) is 64.3. The molecule has 0 amide bonds. The van der Waals surface area contributed by atoms with Gasteiger partial charge in [-0.05, 0) is 173 Å². The molecule has 0 spiro atoms. The summed E-state index contributed by atoms with van der Waals surface area (Å²) < 4.78 is 6.64. The molecule has 0 N–H and O–H groups in total. The summed E-state index contributed by atoms with van der Waals surface area (Å²) in [7, 11) is 0. The largest absolute Gasteiger partial charge is 0.455 e. The molecule has 0 unspecified atom stereocenters. The van der Waals surface area contributed by atoms with Crippen molar-refractivity contribution in [3.8, 4) is 44.5 Å². The van der Waals surface area contributed by atoms with Crippen LogP contribution >= 0.6 is 0 Å². The Morgan fingerprint density at radius 3 is 1.34 bits per heavy atom. The van der Waals surface area contributed by atoms with Gasteiger partial charge >= 0.3 is 0 Å². The Kier molecular flexibility index (Phi) is 14.2. The van der Waals surface area contributed by atoms with Crippen molar-refractivity contribution in [3.05, 3.63) is 289 Å². The van der Waals surface area contributed by atoms with E-state index in [1.54, 1.807) is 0 Å². The highest BCUT2D eigenvalue weighted by molar-refractivity contribution is 7.00. The number of anilines is 9. The molecule has 2 aliphatic rings. The molecule has 5 heteroatoms. The molecule has 0 bridgehead atoms. The van der Waals surface area contributed by atoms with Crippen LogP contribution in [0, 0.1) is 0 Å². The third-order valence-electron chi connectivity index (χ3n) is 19.5. The number of para-hydroxylation sites is 2. The van der Waals surface area contributed by atoms with E-state index in [1.165, 1.54) is 72.3 Å². The first-order chi connectivity index (χ1) is 44.7. The highest BCUT2D eigenvalue weighted by atomic mass is 16.3. The minimum absolute atomic E-state index is 0.0454. The van der Waals surface area contributed by atoms with Gasteiger partial charge in [-0.25, -0.2) is 0 Å². The van der Waals surface area contributed by atoms with Crippen LogP contribution in [0.4, 0.5) is 51.2 Å².